The zero-order valence-corrected chi connectivity index (χ0v) is 13.5. The summed E-state index contributed by atoms with van der Waals surface area (Å²) in [5, 5.41) is 3.50. The molecule has 1 aliphatic heterocycles. The van der Waals surface area contributed by atoms with Gasteiger partial charge in [0.05, 0.1) is 0 Å². The summed E-state index contributed by atoms with van der Waals surface area (Å²) < 4.78 is 1.06. The smallest absolute Gasteiger partial charge is 0.133 e. The molecule has 1 fully saturated rings. The first-order chi connectivity index (χ1) is 9.16. The summed E-state index contributed by atoms with van der Waals surface area (Å²) in [7, 11) is 0. The lowest BCUT2D eigenvalue weighted by molar-refractivity contribution is 0.586. The van der Waals surface area contributed by atoms with Crippen LogP contribution >= 0.6 is 15.9 Å². The summed E-state index contributed by atoms with van der Waals surface area (Å²) >= 11 is 3.53. The van der Waals surface area contributed by atoms with Crippen molar-refractivity contribution in [2.45, 2.75) is 52.1 Å². The van der Waals surface area contributed by atoms with Crippen molar-refractivity contribution in [1.82, 2.24) is 10.3 Å². The molecular formula is C15H24BrN3. The van der Waals surface area contributed by atoms with Gasteiger partial charge in [-0.05, 0) is 34.8 Å². The third kappa shape index (κ3) is 4.46. The highest BCUT2D eigenvalue weighted by atomic mass is 79.9. The van der Waals surface area contributed by atoms with Gasteiger partial charge in [-0.25, -0.2) is 4.98 Å². The molecule has 1 aromatic rings. The van der Waals surface area contributed by atoms with Gasteiger partial charge in [0.15, 0.2) is 0 Å². The van der Waals surface area contributed by atoms with Gasteiger partial charge in [-0.2, -0.15) is 0 Å². The minimum Gasteiger partial charge on any atom is -0.356 e. The Hall–Kier alpha value is -0.610. The Morgan fingerprint density at radius 1 is 1.26 bits per heavy atom. The van der Waals surface area contributed by atoms with E-state index in [2.05, 4.69) is 51.0 Å². The van der Waals surface area contributed by atoms with Crippen molar-refractivity contribution in [3.05, 3.63) is 22.3 Å². The SMILES string of the molecule is CC(C)NCc1cc(Br)cnc1N1CCCCCC1. The Balaban J connectivity index is 2.17. The fourth-order valence-corrected chi connectivity index (χ4v) is 2.86. The molecule has 0 saturated carbocycles. The van der Waals surface area contributed by atoms with Crippen LogP contribution < -0.4 is 10.2 Å². The van der Waals surface area contributed by atoms with Crippen LogP contribution in [0, 0.1) is 0 Å². The van der Waals surface area contributed by atoms with E-state index in [0.717, 1.165) is 24.1 Å². The first-order valence-corrected chi connectivity index (χ1v) is 8.09. The Morgan fingerprint density at radius 2 is 1.95 bits per heavy atom. The van der Waals surface area contributed by atoms with E-state index in [1.54, 1.807) is 0 Å². The maximum Gasteiger partial charge on any atom is 0.133 e. The number of hydrogen-bond donors (Lipinski definition) is 1. The summed E-state index contributed by atoms with van der Waals surface area (Å²) in [6.07, 6.45) is 7.20. The minimum absolute atomic E-state index is 0.496. The van der Waals surface area contributed by atoms with E-state index in [0.29, 0.717) is 6.04 Å². The number of hydrogen-bond acceptors (Lipinski definition) is 3. The van der Waals surface area contributed by atoms with Crippen LogP contribution in [-0.2, 0) is 6.54 Å². The highest BCUT2D eigenvalue weighted by molar-refractivity contribution is 9.10. The van der Waals surface area contributed by atoms with Crippen LogP contribution in [0.25, 0.3) is 0 Å². The predicted molar refractivity (Wildman–Crippen MR) is 84.6 cm³/mol. The van der Waals surface area contributed by atoms with E-state index < -0.39 is 0 Å². The number of anilines is 1. The maximum absolute atomic E-state index is 4.66. The van der Waals surface area contributed by atoms with Crippen LogP contribution in [-0.4, -0.2) is 24.1 Å². The van der Waals surface area contributed by atoms with Crippen molar-refractivity contribution in [3.8, 4) is 0 Å². The van der Waals surface area contributed by atoms with Crippen molar-refractivity contribution < 1.29 is 0 Å². The third-order valence-corrected chi connectivity index (χ3v) is 3.95. The molecule has 2 heterocycles. The van der Waals surface area contributed by atoms with Gasteiger partial charge in [-0.1, -0.05) is 26.7 Å². The zero-order valence-electron chi connectivity index (χ0n) is 12.0. The fraction of sp³-hybridized carbons (Fsp3) is 0.667. The van der Waals surface area contributed by atoms with Crippen molar-refractivity contribution in [3.63, 3.8) is 0 Å². The molecule has 1 saturated heterocycles. The summed E-state index contributed by atoms with van der Waals surface area (Å²) in [4.78, 5) is 7.12. The minimum atomic E-state index is 0.496. The van der Waals surface area contributed by atoms with E-state index >= 15 is 0 Å². The van der Waals surface area contributed by atoms with Crippen LogP contribution in [0.15, 0.2) is 16.7 Å². The predicted octanol–water partition coefficient (Wildman–Crippen LogP) is 3.72. The first-order valence-electron chi connectivity index (χ1n) is 7.29. The number of rotatable bonds is 4. The molecule has 0 aromatic carbocycles. The standard InChI is InChI=1S/C15H24BrN3/c1-12(2)17-10-13-9-14(16)11-18-15(13)19-7-5-3-4-6-8-19/h9,11-12,17H,3-8,10H2,1-2H3. The number of nitrogens with one attached hydrogen (secondary N) is 1. The molecule has 19 heavy (non-hydrogen) atoms. The summed E-state index contributed by atoms with van der Waals surface area (Å²) in [5.41, 5.74) is 1.30. The molecule has 3 nitrogen and oxygen atoms in total. The number of aromatic nitrogens is 1. The quantitative estimate of drug-likeness (QED) is 0.914. The maximum atomic E-state index is 4.66. The molecule has 106 valence electrons. The molecule has 0 atom stereocenters. The summed E-state index contributed by atoms with van der Waals surface area (Å²) in [6, 6.07) is 2.69. The van der Waals surface area contributed by atoms with Crippen molar-refractivity contribution in [2.75, 3.05) is 18.0 Å². The molecule has 1 aromatic heterocycles. The van der Waals surface area contributed by atoms with Gasteiger partial charge in [-0.3, -0.25) is 0 Å². The lowest BCUT2D eigenvalue weighted by Crippen LogP contribution is -2.28. The lowest BCUT2D eigenvalue weighted by atomic mass is 10.2. The lowest BCUT2D eigenvalue weighted by Gasteiger charge is -2.24. The third-order valence-electron chi connectivity index (χ3n) is 3.52. The molecule has 4 heteroatoms. The van der Waals surface area contributed by atoms with Gasteiger partial charge in [0.25, 0.3) is 0 Å². The fourth-order valence-electron chi connectivity index (χ4n) is 2.49. The van der Waals surface area contributed by atoms with Crippen molar-refractivity contribution in [1.29, 1.82) is 0 Å². The molecule has 0 aliphatic carbocycles. The van der Waals surface area contributed by atoms with Gasteiger partial charge in [-0.15, -0.1) is 0 Å². The summed E-state index contributed by atoms with van der Waals surface area (Å²) in [5.74, 6) is 1.17. The monoisotopic (exact) mass is 325 g/mol. The highest BCUT2D eigenvalue weighted by Gasteiger charge is 2.15. The van der Waals surface area contributed by atoms with Crippen LogP contribution in [0.5, 0.6) is 0 Å². The number of pyridine rings is 1. The zero-order chi connectivity index (χ0) is 13.7. The van der Waals surface area contributed by atoms with E-state index in [9.17, 15) is 0 Å². The molecule has 0 radical (unpaired) electrons. The largest absolute Gasteiger partial charge is 0.356 e. The Bertz CT molecular complexity index is 398. The van der Waals surface area contributed by atoms with Crippen LogP contribution in [0.4, 0.5) is 5.82 Å². The average Bonchev–Trinajstić information content (AvgIpc) is 2.65. The van der Waals surface area contributed by atoms with E-state index in [4.69, 9.17) is 0 Å². The Labute approximate surface area is 124 Å². The molecule has 0 unspecified atom stereocenters. The molecule has 2 rings (SSSR count). The van der Waals surface area contributed by atoms with E-state index in [1.807, 2.05) is 6.20 Å². The number of halogens is 1. The molecule has 0 spiro atoms. The normalized spacial score (nSPS) is 16.7. The Morgan fingerprint density at radius 3 is 2.58 bits per heavy atom. The van der Waals surface area contributed by atoms with Crippen LogP contribution in [0.3, 0.4) is 0 Å². The van der Waals surface area contributed by atoms with Crippen LogP contribution in [0.2, 0.25) is 0 Å². The Kier molecular flexibility index (Phi) is 5.64. The van der Waals surface area contributed by atoms with Gasteiger partial charge < -0.3 is 10.2 Å². The second-order valence-corrected chi connectivity index (χ2v) is 6.49. The van der Waals surface area contributed by atoms with Gasteiger partial charge in [0.2, 0.25) is 0 Å². The molecule has 1 N–H and O–H groups in total. The molecular weight excluding hydrogens is 302 g/mol. The van der Waals surface area contributed by atoms with Crippen molar-refractivity contribution >= 4 is 21.7 Å². The molecule has 0 bridgehead atoms. The van der Waals surface area contributed by atoms with E-state index in [1.165, 1.54) is 37.1 Å². The van der Waals surface area contributed by atoms with Gasteiger partial charge >= 0.3 is 0 Å². The topological polar surface area (TPSA) is 28.2 Å². The van der Waals surface area contributed by atoms with Gasteiger partial charge in [0, 0.05) is 41.9 Å². The second kappa shape index (κ2) is 7.25. The van der Waals surface area contributed by atoms with E-state index in [-0.39, 0.29) is 0 Å². The molecule has 1 aliphatic rings. The highest BCUT2D eigenvalue weighted by Crippen LogP contribution is 2.24. The average molecular weight is 326 g/mol. The van der Waals surface area contributed by atoms with Gasteiger partial charge in [0.1, 0.15) is 5.82 Å². The second-order valence-electron chi connectivity index (χ2n) is 5.57. The molecule has 0 amide bonds. The number of nitrogens with zero attached hydrogens (tertiary/aromatic N) is 2. The first kappa shape index (κ1) is 14.8. The van der Waals surface area contributed by atoms with Crippen molar-refractivity contribution in [2.24, 2.45) is 0 Å². The van der Waals surface area contributed by atoms with Crippen LogP contribution in [0.1, 0.15) is 45.1 Å². The summed E-state index contributed by atoms with van der Waals surface area (Å²) in [6.45, 7) is 7.52.